The molecule has 0 spiro atoms. The van der Waals surface area contributed by atoms with Gasteiger partial charge in [-0.05, 0) is 43.6 Å². The monoisotopic (exact) mass is 290 g/mol. The molecule has 0 saturated heterocycles. The first-order valence-corrected chi connectivity index (χ1v) is 7.65. The van der Waals surface area contributed by atoms with E-state index >= 15 is 0 Å². The predicted octanol–water partition coefficient (Wildman–Crippen LogP) is 4.45. The number of aromatic amines is 1. The lowest BCUT2D eigenvalue weighted by Crippen LogP contribution is -2.25. The molecule has 1 aromatic carbocycles. The van der Waals surface area contributed by atoms with Gasteiger partial charge in [0.2, 0.25) is 0 Å². The van der Waals surface area contributed by atoms with Crippen LogP contribution >= 0.6 is 12.2 Å². The fourth-order valence-corrected chi connectivity index (χ4v) is 2.90. The van der Waals surface area contributed by atoms with Crippen LogP contribution in [0.3, 0.4) is 0 Å². The van der Waals surface area contributed by atoms with Gasteiger partial charge in [0.05, 0.1) is 10.9 Å². The number of rotatable bonds is 5. The van der Waals surface area contributed by atoms with Crippen molar-refractivity contribution in [2.45, 2.75) is 46.1 Å². The van der Waals surface area contributed by atoms with Crippen molar-refractivity contribution in [3.63, 3.8) is 0 Å². The van der Waals surface area contributed by atoms with E-state index in [1.54, 1.807) is 4.57 Å². The summed E-state index contributed by atoms with van der Waals surface area (Å²) >= 11 is 5.35. The smallest absolute Gasteiger partial charge is 0.262 e. The summed E-state index contributed by atoms with van der Waals surface area (Å²) in [6.45, 7) is 6.51. The molecule has 2 rings (SSSR count). The summed E-state index contributed by atoms with van der Waals surface area (Å²) < 4.78 is 2.24. The van der Waals surface area contributed by atoms with Crippen LogP contribution < -0.4 is 5.56 Å². The zero-order valence-electron chi connectivity index (χ0n) is 12.3. The highest BCUT2D eigenvalue weighted by Gasteiger charge is 2.11. The Labute approximate surface area is 124 Å². The Hall–Kier alpha value is -1.42. The van der Waals surface area contributed by atoms with E-state index < -0.39 is 0 Å². The number of nitrogens with one attached hydrogen (secondary N) is 1. The third kappa shape index (κ3) is 3.18. The molecule has 1 unspecified atom stereocenters. The summed E-state index contributed by atoms with van der Waals surface area (Å²) in [4.78, 5) is 15.7. The van der Waals surface area contributed by atoms with Gasteiger partial charge in [-0.3, -0.25) is 9.36 Å². The van der Waals surface area contributed by atoms with E-state index in [1.807, 2.05) is 24.3 Å². The molecule has 2 aromatic rings. The van der Waals surface area contributed by atoms with Crippen LogP contribution in [0.15, 0.2) is 29.1 Å². The quantitative estimate of drug-likeness (QED) is 0.826. The van der Waals surface area contributed by atoms with Crippen LogP contribution in [0.5, 0.6) is 0 Å². The second-order valence-electron chi connectivity index (χ2n) is 5.82. The van der Waals surface area contributed by atoms with Crippen LogP contribution in [0.25, 0.3) is 10.9 Å². The van der Waals surface area contributed by atoms with E-state index in [-0.39, 0.29) is 11.6 Å². The van der Waals surface area contributed by atoms with Crippen molar-refractivity contribution in [3.05, 3.63) is 39.4 Å². The Morgan fingerprint density at radius 1 is 1.20 bits per heavy atom. The molecule has 0 saturated carbocycles. The van der Waals surface area contributed by atoms with Gasteiger partial charge in [0.1, 0.15) is 0 Å². The van der Waals surface area contributed by atoms with Crippen LogP contribution in [-0.2, 0) is 0 Å². The molecular formula is C16H22N2OS. The molecule has 4 heteroatoms. The largest absolute Gasteiger partial charge is 0.332 e. The van der Waals surface area contributed by atoms with E-state index in [9.17, 15) is 4.79 Å². The summed E-state index contributed by atoms with van der Waals surface area (Å²) in [7, 11) is 0. The second kappa shape index (κ2) is 6.35. The first kappa shape index (κ1) is 15.0. The molecule has 1 atom stereocenters. The van der Waals surface area contributed by atoms with Crippen molar-refractivity contribution >= 4 is 23.1 Å². The normalized spacial score (nSPS) is 13.0. The van der Waals surface area contributed by atoms with Gasteiger partial charge >= 0.3 is 0 Å². The third-order valence-electron chi connectivity index (χ3n) is 3.68. The van der Waals surface area contributed by atoms with Gasteiger partial charge in [0.15, 0.2) is 4.77 Å². The molecule has 1 aromatic heterocycles. The van der Waals surface area contributed by atoms with E-state index in [2.05, 4.69) is 25.8 Å². The lowest BCUT2D eigenvalue weighted by atomic mass is 10.0. The van der Waals surface area contributed by atoms with Gasteiger partial charge in [0.25, 0.3) is 5.56 Å². The first-order valence-electron chi connectivity index (χ1n) is 7.24. The highest BCUT2D eigenvalue weighted by atomic mass is 32.1. The lowest BCUT2D eigenvalue weighted by molar-refractivity contribution is 0.434. The number of nitrogens with zero attached hydrogens (tertiary/aromatic N) is 1. The maximum absolute atomic E-state index is 12.6. The molecule has 0 radical (unpaired) electrons. The van der Waals surface area contributed by atoms with Gasteiger partial charge < -0.3 is 4.98 Å². The standard InChI is InChI=1S/C16H22N2OS/c1-11(2)7-6-8-12(3)18-15(19)13-9-4-5-10-14(13)17-16(18)20/h4-5,9-12H,6-8H2,1-3H3,(H,17,20). The van der Waals surface area contributed by atoms with Gasteiger partial charge in [-0.1, -0.05) is 38.8 Å². The zero-order chi connectivity index (χ0) is 14.7. The number of benzene rings is 1. The van der Waals surface area contributed by atoms with Crippen molar-refractivity contribution in [1.29, 1.82) is 0 Å². The summed E-state index contributed by atoms with van der Waals surface area (Å²) in [6, 6.07) is 7.66. The summed E-state index contributed by atoms with van der Waals surface area (Å²) in [6.07, 6.45) is 3.28. The van der Waals surface area contributed by atoms with Gasteiger partial charge in [-0.2, -0.15) is 0 Å². The minimum absolute atomic E-state index is 0.0152. The van der Waals surface area contributed by atoms with Crippen molar-refractivity contribution in [3.8, 4) is 0 Å². The first-order chi connectivity index (χ1) is 9.50. The minimum Gasteiger partial charge on any atom is -0.332 e. The highest BCUT2D eigenvalue weighted by molar-refractivity contribution is 7.71. The molecule has 20 heavy (non-hydrogen) atoms. The molecule has 1 N–H and O–H groups in total. The number of H-pyrrole nitrogens is 1. The minimum atomic E-state index is 0.0152. The van der Waals surface area contributed by atoms with Crippen LogP contribution in [-0.4, -0.2) is 9.55 Å². The van der Waals surface area contributed by atoms with Crippen LogP contribution in [0.1, 0.15) is 46.1 Å². The number of aromatic nitrogens is 2. The molecule has 0 aliphatic rings. The molecule has 0 aliphatic heterocycles. The van der Waals surface area contributed by atoms with E-state index in [1.165, 1.54) is 6.42 Å². The Bertz CT molecular complexity index is 699. The average molecular weight is 290 g/mol. The number of fused-ring (bicyclic) bond motifs is 1. The summed E-state index contributed by atoms with van der Waals surface area (Å²) in [5.74, 6) is 0.699. The maximum atomic E-state index is 12.6. The Morgan fingerprint density at radius 3 is 2.60 bits per heavy atom. The van der Waals surface area contributed by atoms with Crippen LogP contribution in [0, 0.1) is 10.7 Å². The van der Waals surface area contributed by atoms with E-state index in [0.717, 1.165) is 18.4 Å². The van der Waals surface area contributed by atoms with Gasteiger partial charge in [0, 0.05) is 6.04 Å². The fourth-order valence-electron chi connectivity index (χ4n) is 2.53. The Morgan fingerprint density at radius 2 is 1.90 bits per heavy atom. The van der Waals surface area contributed by atoms with Crippen molar-refractivity contribution in [1.82, 2.24) is 9.55 Å². The van der Waals surface area contributed by atoms with Crippen molar-refractivity contribution < 1.29 is 0 Å². The second-order valence-corrected chi connectivity index (χ2v) is 6.21. The molecule has 108 valence electrons. The van der Waals surface area contributed by atoms with Gasteiger partial charge in [-0.15, -0.1) is 0 Å². The number of hydrogen-bond acceptors (Lipinski definition) is 2. The lowest BCUT2D eigenvalue weighted by Gasteiger charge is -2.16. The predicted molar refractivity (Wildman–Crippen MR) is 86.8 cm³/mol. The van der Waals surface area contributed by atoms with E-state index in [0.29, 0.717) is 16.1 Å². The highest BCUT2D eigenvalue weighted by Crippen LogP contribution is 2.17. The zero-order valence-corrected chi connectivity index (χ0v) is 13.2. The summed E-state index contributed by atoms with van der Waals surface area (Å²) in [5.41, 5.74) is 0.828. The molecular weight excluding hydrogens is 268 g/mol. The van der Waals surface area contributed by atoms with Crippen LogP contribution in [0.2, 0.25) is 0 Å². The van der Waals surface area contributed by atoms with E-state index in [4.69, 9.17) is 12.2 Å². The number of hydrogen-bond donors (Lipinski definition) is 1. The maximum Gasteiger partial charge on any atom is 0.262 e. The Kier molecular flexibility index (Phi) is 4.76. The molecule has 0 amide bonds. The molecule has 0 fully saturated rings. The molecule has 1 heterocycles. The average Bonchev–Trinajstić information content (AvgIpc) is 2.38. The molecule has 0 bridgehead atoms. The Balaban J connectivity index is 2.34. The molecule has 0 aliphatic carbocycles. The molecule has 3 nitrogen and oxygen atoms in total. The SMILES string of the molecule is CC(C)CCCC(C)n1c(=S)[nH]c2ccccc2c1=O. The van der Waals surface area contributed by atoms with Crippen LogP contribution in [0.4, 0.5) is 0 Å². The van der Waals surface area contributed by atoms with Crippen molar-refractivity contribution in [2.24, 2.45) is 5.92 Å². The third-order valence-corrected chi connectivity index (χ3v) is 3.98. The van der Waals surface area contributed by atoms with Crippen molar-refractivity contribution in [2.75, 3.05) is 0 Å². The number of para-hydroxylation sites is 1. The van der Waals surface area contributed by atoms with Gasteiger partial charge in [-0.25, -0.2) is 0 Å². The fraction of sp³-hybridized carbons (Fsp3) is 0.500. The topological polar surface area (TPSA) is 37.8 Å². The summed E-state index contributed by atoms with van der Waals surface area (Å²) in [5, 5.41) is 0.705.